The fourth-order valence-corrected chi connectivity index (χ4v) is 4.47. The van der Waals surface area contributed by atoms with Crippen LogP contribution in [0, 0.1) is 41.0 Å². The Morgan fingerprint density at radius 3 is 2.09 bits per heavy atom. The zero-order valence-corrected chi connectivity index (χ0v) is 17.9. The van der Waals surface area contributed by atoms with Crippen LogP contribution in [-0.4, -0.2) is 13.7 Å². The number of ether oxygens (including phenoxy) is 1. The summed E-state index contributed by atoms with van der Waals surface area (Å²) in [5.41, 5.74) is 0.854. The van der Waals surface area contributed by atoms with E-state index in [0.29, 0.717) is 27.8 Å². The van der Waals surface area contributed by atoms with Gasteiger partial charge in [0.2, 0.25) is 0 Å². The van der Waals surface area contributed by atoms with Crippen molar-refractivity contribution < 1.29 is 22.3 Å². The minimum absolute atomic E-state index is 0.149. The SMILES string of the molecule is COCCC1CCC(c2cc(F)c(C#Cc3ccc4cc(F)c(F)cc4c3)c(F)c2)CC1. The zero-order chi connectivity index (χ0) is 22.7. The smallest absolute Gasteiger partial charge is 0.159 e. The average Bonchev–Trinajstić information content (AvgIpc) is 2.78. The van der Waals surface area contributed by atoms with Crippen molar-refractivity contribution in [2.75, 3.05) is 13.7 Å². The molecule has 0 saturated heterocycles. The maximum Gasteiger partial charge on any atom is 0.159 e. The van der Waals surface area contributed by atoms with Crippen LogP contribution in [-0.2, 0) is 4.74 Å². The van der Waals surface area contributed by atoms with E-state index < -0.39 is 23.3 Å². The summed E-state index contributed by atoms with van der Waals surface area (Å²) < 4.78 is 61.4. The second-order valence-corrected chi connectivity index (χ2v) is 8.44. The lowest BCUT2D eigenvalue weighted by Gasteiger charge is -2.28. The molecule has 1 saturated carbocycles. The Labute approximate surface area is 185 Å². The number of hydrogen-bond acceptors (Lipinski definition) is 1. The van der Waals surface area contributed by atoms with Crippen LogP contribution in [0.25, 0.3) is 10.8 Å². The van der Waals surface area contributed by atoms with E-state index in [-0.39, 0.29) is 11.5 Å². The van der Waals surface area contributed by atoms with E-state index in [0.717, 1.165) is 50.8 Å². The molecule has 1 nitrogen and oxygen atoms in total. The predicted octanol–water partition coefficient (Wildman–Crippen LogP) is 7.11. The first kappa shape index (κ1) is 22.4. The maximum atomic E-state index is 14.7. The molecule has 1 fully saturated rings. The number of halogens is 4. The number of hydrogen-bond donors (Lipinski definition) is 0. The van der Waals surface area contributed by atoms with Crippen LogP contribution in [0.3, 0.4) is 0 Å². The van der Waals surface area contributed by atoms with E-state index in [1.54, 1.807) is 25.3 Å². The lowest BCUT2D eigenvalue weighted by atomic mass is 9.77. The first-order valence-corrected chi connectivity index (χ1v) is 10.8. The molecule has 0 aromatic heterocycles. The standard InChI is InChI=1S/C27H24F4O/c1-32-11-10-17-2-6-19(7-3-17)22-14-24(28)23(25(29)15-22)9-5-18-4-8-20-13-26(30)27(31)16-21(20)12-18/h4,8,12-17,19H,2-3,6-7,10-11H2,1H3. The van der Waals surface area contributed by atoms with Crippen molar-refractivity contribution in [1.82, 2.24) is 0 Å². The lowest BCUT2D eigenvalue weighted by Crippen LogP contribution is -2.15. The van der Waals surface area contributed by atoms with E-state index in [4.69, 9.17) is 4.74 Å². The van der Waals surface area contributed by atoms with Gasteiger partial charge in [0.15, 0.2) is 11.6 Å². The average molecular weight is 440 g/mol. The van der Waals surface area contributed by atoms with Crippen molar-refractivity contribution >= 4 is 10.8 Å². The van der Waals surface area contributed by atoms with Crippen LogP contribution in [0.5, 0.6) is 0 Å². The van der Waals surface area contributed by atoms with Crippen LogP contribution in [0.4, 0.5) is 17.6 Å². The lowest BCUT2D eigenvalue weighted by molar-refractivity contribution is 0.163. The Bertz CT molecular complexity index is 1160. The summed E-state index contributed by atoms with van der Waals surface area (Å²) in [6, 6.07) is 9.75. The highest BCUT2D eigenvalue weighted by Crippen LogP contribution is 2.37. The summed E-state index contributed by atoms with van der Waals surface area (Å²) in [5.74, 6) is 2.82. The molecule has 1 aliphatic carbocycles. The van der Waals surface area contributed by atoms with Crippen LogP contribution in [0.2, 0.25) is 0 Å². The van der Waals surface area contributed by atoms with E-state index >= 15 is 0 Å². The Hall–Kier alpha value is -2.84. The number of methoxy groups -OCH3 is 1. The maximum absolute atomic E-state index is 14.7. The van der Waals surface area contributed by atoms with Gasteiger partial charge in [0.05, 0.1) is 5.56 Å². The highest BCUT2D eigenvalue weighted by Gasteiger charge is 2.24. The van der Waals surface area contributed by atoms with Gasteiger partial charge in [-0.05, 0) is 96.7 Å². The van der Waals surface area contributed by atoms with Crippen LogP contribution >= 0.6 is 0 Å². The number of fused-ring (bicyclic) bond motifs is 1. The predicted molar refractivity (Wildman–Crippen MR) is 117 cm³/mol. The van der Waals surface area contributed by atoms with Crippen molar-refractivity contribution in [1.29, 1.82) is 0 Å². The molecule has 0 aliphatic heterocycles. The summed E-state index contributed by atoms with van der Waals surface area (Å²) in [6.45, 7) is 0.745. The molecule has 0 N–H and O–H groups in total. The third-order valence-electron chi connectivity index (χ3n) is 6.32. The highest BCUT2D eigenvalue weighted by atomic mass is 19.2. The van der Waals surface area contributed by atoms with Crippen LogP contribution < -0.4 is 0 Å². The van der Waals surface area contributed by atoms with Gasteiger partial charge >= 0.3 is 0 Å². The molecule has 32 heavy (non-hydrogen) atoms. The third-order valence-corrected chi connectivity index (χ3v) is 6.32. The van der Waals surface area contributed by atoms with Gasteiger partial charge in [0.1, 0.15) is 11.6 Å². The molecule has 0 unspecified atom stereocenters. The Morgan fingerprint density at radius 2 is 1.44 bits per heavy atom. The summed E-state index contributed by atoms with van der Waals surface area (Å²) in [4.78, 5) is 0. The fraction of sp³-hybridized carbons (Fsp3) is 0.333. The molecule has 0 atom stereocenters. The molecular weight excluding hydrogens is 416 g/mol. The Balaban J connectivity index is 1.52. The van der Waals surface area contributed by atoms with Gasteiger partial charge in [0, 0.05) is 19.3 Å². The normalized spacial score (nSPS) is 18.4. The second kappa shape index (κ2) is 9.75. The van der Waals surface area contributed by atoms with E-state index in [1.807, 2.05) is 0 Å². The largest absolute Gasteiger partial charge is 0.385 e. The molecule has 3 aromatic rings. The van der Waals surface area contributed by atoms with Crippen molar-refractivity contribution in [3.05, 3.63) is 82.4 Å². The van der Waals surface area contributed by atoms with E-state index in [9.17, 15) is 17.6 Å². The first-order chi connectivity index (χ1) is 15.4. The van der Waals surface area contributed by atoms with Gasteiger partial charge in [0.25, 0.3) is 0 Å². The van der Waals surface area contributed by atoms with Crippen LogP contribution in [0.1, 0.15) is 54.7 Å². The quantitative estimate of drug-likeness (QED) is 0.310. The highest BCUT2D eigenvalue weighted by molar-refractivity contribution is 5.84. The molecular formula is C27H24F4O. The van der Waals surface area contributed by atoms with Crippen LogP contribution in [0.15, 0.2) is 42.5 Å². The minimum atomic E-state index is -0.956. The molecule has 0 amide bonds. The molecule has 166 valence electrons. The van der Waals surface area contributed by atoms with Gasteiger partial charge in [-0.15, -0.1) is 0 Å². The summed E-state index contributed by atoms with van der Waals surface area (Å²) in [6.07, 6.45) is 4.91. The summed E-state index contributed by atoms with van der Waals surface area (Å²) in [5, 5.41) is 0.987. The Morgan fingerprint density at radius 1 is 0.781 bits per heavy atom. The van der Waals surface area contributed by atoms with Gasteiger partial charge in [-0.2, -0.15) is 0 Å². The monoisotopic (exact) mass is 440 g/mol. The first-order valence-electron chi connectivity index (χ1n) is 10.8. The molecule has 0 spiro atoms. The molecule has 4 rings (SSSR count). The molecule has 0 bridgehead atoms. The number of benzene rings is 3. The third kappa shape index (κ3) is 4.97. The van der Waals surface area contributed by atoms with E-state index in [1.165, 1.54) is 12.1 Å². The topological polar surface area (TPSA) is 9.23 Å². The van der Waals surface area contributed by atoms with Crippen molar-refractivity contribution in [2.45, 2.75) is 38.0 Å². The second-order valence-electron chi connectivity index (χ2n) is 8.44. The molecule has 3 aromatic carbocycles. The van der Waals surface area contributed by atoms with E-state index in [2.05, 4.69) is 11.8 Å². The minimum Gasteiger partial charge on any atom is -0.385 e. The molecule has 1 aliphatic rings. The van der Waals surface area contributed by atoms with Gasteiger partial charge in [-0.1, -0.05) is 17.9 Å². The van der Waals surface area contributed by atoms with Crippen molar-refractivity contribution in [3.8, 4) is 11.8 Å². The summed E-state index contributed by atoms with van der Waals surface area (Å²) in [7, 11) is 1.70. The Kier molecular flexibility index (Phi) is 6.81. The van der Waals surface area contributed by atoms with Gasteiger partial charge in [-0.25, -0.2) is 17.6 Å². The molecule has 0 heterocycles. The number of rotatable bonds is 4. The van der Waals surface area contributed by atoms with Gasteiger partial charge in [-0.3, -0.25) is 0 Å². The van der Waals surface area contributed by atoms with Gasteiger partial charge < -0.3 is 4.74 Å². The van der Waals surface area contributed by atoms with Crippen molar-refractivity contribution in [2.24, 2.45) is 5.92 Å². The fourth-order valence-electron chi connectivity index (χ4n) is 4.47. The summed E-state index contributed by atoms with van der Waals surface area (Å²) >= 11 is 0. The van der Waals surface area contributed by atoms with Crippen molar-refractivity contribution in [3.63, 3.8) is 0 Å². The zero-order valence-electron chi connectivity index (χ0n) is 17.9. The molecule has 0 radical (unpaired) electrons. The molecule has 5 heteroatoms.